The second-order valence-electron chi connectivity index (χ2n) is 7.04. The van der Waals surface area contributed by atoms with Crippen LogP contribution in [0.3, 0.4) is 0 Å². The molecule has 0 spiro atoms. The fraction of sp³-hybridized carbons (Fsp3) is 0.435. The molecule has 0 saturated carbocycles. The van der Waals surface area contributed by atoms with E-state index in [0.29, 0.717) is 13.2 Å². The van der Waals surface area contributed by atoms with Gasteiger partial charge in [-0.25, -0.2) is 0 Å². The molecule has 4 heteroatoms. The lowest BCUT2D eigenvalue weighted by Gasteiger charge is -2.28. The van der Waals surface area contributed by atoms with Crippen molar-refractivity contribution in [2.75, 3.05) is 26.2 Å². The number of rotatable bonds is 8. The van der Waals surface area contributed by atoms with Crippen LogP contribution in [0.5, 0.6) is 5.75 Å². The van der Waals surface area contributed by atoms with Gasteiger partial charge in [0.25, 0.3) is 0 Å². The third-order valence-electron chi connectivity index (χ3n) is 5.20. The van der Waals surface area contributed by atoms with E-state index in [-0.39, 0.29) is 11.9 Å². The summed E-state index contributed by atoms with van der Waals surface area (Å²) in [4.78, 5) is 17.3. The first-order chi connectivity index (χ1) is 13.2. The molecule has 0 aromatic heterocycles. The molecule has 4 nitrogen and oxygen atoms in total. The topological polar surface area (TPSA) is 32.8 Å². The minimum Gasteiger partial charge on any atom is -0.494 e. The van der Waals surface area contributed by atoms with Crippen molar-refractivity contribution in [3.05, 3.63) is 65.7 Å². The first-order valence-electron chi connectivity index (χ1n) is 9.99. The van der Waals surface area contributed by atoms with Crippen LogP contribution in [-0.4, -0.2) is 41.9 Å². The van der Waals surface area contributed by atoms with Crippen molar-refractivity contribution in [3.63, 3.8) is 0 Å². The number of ether oxygens (including phenoxy) is 1. The van der Waals surface area contributed by atoms with E-state index in [4.69, 9.17) is 4.74 Å². The molecule has 3 rings (SSSR count). The smallest absolute Gasteiger partial charge is 0.237 e. The second kappa shape index (κ2) is 9.56. The van der Waals surface area contributed by atoms with Gasteiger partial charge >= 0.3 is 0 Å². The molecule has 1 heterocycles. The van der Waals surface area contributed by atoms with E-state index in [0.717, 1.165) is 38.2 Å². The molecular formula is C23H30N2O2. The number of hydrogen-bond acceptors (Lipinski definition) is 3. The Bertz CT molecular complexity index is 715. The molecule has 0 bridgehead atoms. The van der Waals surface area contributed by atoms with Gasteiger partial charge in [-0.1, -0.05) is 49.4 Å². The summed E-state index contributed by atoms with van der Waals surface area (Å²) in [5, 5.41) is 0. The van der Waals surface area contributed by atoms with E-state index in [2.05, 4.69) is 41.0 Å². The molecule has 1 unspecified atom stereocenters. The first kappa shape index (κ1) is 19.4. The summed E-state index contributed by atoms with van der Waals surface area (Å²) in [6.07, 6.45) is 2.10. The van der Waals surface area contributed by atoms with Crippen LogP contribution in [0.1, 0.15) is 43.9 Å². The van der Waals surface area contributed by atoms with Gasteiger partial charge in [0.2, 0.25) is 5.91 Å². The van der Waals surface area contributed by atoms with Crippen LogP contribution in [0.4, 0.5) is 0 Å². The van der Waals surface area contributed by atoms with Gasteiger partial charge in [-0.05, 0) is 49.6 Å². The summed E-state index contributed by atoms with van der Waals surface area (Å²) in [6.45, 7) is 7.76. The molecule has 144 valence electrons. The third kappa shape index (κ3) is 5.10. The highest BCUT2D eigenvalue weighted by Gasteiger charge is 2.30. The van der Waals surface area contributed by atoms with Crippen LogP contribution >= 0.6 is 0 Å². The Morgan fingerprint density at radius 1 is 1.11 bits per heavy atom. The zero-order valence-corrected chi connectivity index (χ0v) is 16.4. The van der Waals surface area contributed by atoms with Gasteiger partial charge in [0.1, 0.15) is 5.75 Å². The maximum atomic E-state index is 13.0. The average Bonchev–Trinajstić information content (AvgIpc) is 3.19. The second-order valence-corrected chi connectivity index (χ2v) is 7.04. The van der Waals surface area contributed by atoms with Gasteiger partial charge in [0, 0.05) is 13.1 Å². The molecule has 0 aliphatic carbocycles. The molecule has 1 aliphatic rings. The zero-order chi connectivity index (χ0) is 19.1. The molecule has 27 heavy (non-hydrogen) atoms. The van der Waals surface area contributed by atoms with E-state index in [1.165, 1.54) is 11.1 Å². The van der Waals surface area contributed by atoms with Gasteiger partial charge in [-0.15, -0.1) is 0 Å². The van der Waals surface area contributed by atoms with E-state index in [1.807, 2.05) is 37.3 Å². The van der Waals surface area contributed by atoms with Crippen molar-refractivity contribution in [1.29, 1.82) is 0 Å². The molecular weight excluding hydrogens is 336 g/mol. The summed E-state index contributed by atoms with van der Waals surface area (Å²) in [7, 11) is 0. The van der Waals surface area contributed by atoms with Crippen LogP contribution < -0.4 is 4.74 Å². The van der Waals surface area contributed by atoms with Gasteiger partial charge in [-0.3, -0.25) is 9.69 Å². The number of carbonyl (C=O) groups is 1. The summed E-state index contributed by atoms with van der Waals surface area (Å²) in [5.41, 5.74) is 2.45. The average molecular weight is 367 g/mol. The van der Waals surface area contributed by atoms with Gasteiger partial charge in [-0.2, -0.15) is 0 Å². The number of nitrogens with zero attached hydrogens (tertiary/aromatic N) is 2. The minimum atomic E-state index is 0.184. The largest absolute Gasteiger partial charge is 0.494 e. The van der Waals surface area contributed by atoms with E-state index in [1.54, 1.807) is 0 Å². The monoisotopic (exact) mass is 366 g/mol. The number of benzene rings is 2. The minimum absolute atomic E-state index is 0.184. The SMILES string of the molecule is CCOc1ccc(C2CCCN2C(=O)CN(CC)Cc2ccccc2)cc1. The molecule has 0 radical (unpaired) electrons. The van der Waals surface area contributed by atoms with Crippen molar-refractivity contribution >= 4 is 5.91 Å². The maximum absolute atomic E-state index is 13.0. The van der Waals surface area contributed by atoms with Crippen molar-refractivity contribution in [1.82, 2.24) is 9.80 Å². The van der Waals surface area contributed by atoms with Crippen molar-refractivity contribution in [2.24, 2.45) is 0 Å². The number of likely N-dealkylation sites (N-methyl/N-ethyl adjacent to an activating group) is 1. The molecule has 1 fully saturated rings. The predicted octanol–water partition coefficient (Wildman–Crippen LogP) is 4.27. The van der Waals surface area contributed by atoms with Crippen molar-refractivity contribution in [3.8, 4) is 5.75 Å². The van der Waals surface area contributed by atoms with Crippen LogP contribution in [0.25, 0.3) is 0 Å². The summed E-state index contributed by atoms with van der Waals surface area (Å²) in [5.74, 6) is 1.11. The quantitative estimate of drug-likeness (QED) is 0.699. The Morgan fingerprint density at radius 2 is 1.85 bits per heavy atom. The number of carbonyl (C=O) groups excluding carboxylic acids is 1. The highest BCUT2D eigenvalue weighted by atomic mass is 16.5. The normalized spacial score (nSPS) is 16.7. The first-order valence-corrected chi connectivity index (χ1v) is 9.99. The lowest BCUT2D eigenvalue weighted by atomic mass is 10.0. The third-order valence-corrected chi connectivity index (χ3v) is 5.20. The standard InChI is InChI=1S/C23H30N2O2/c1-3-24(17-19-9-6-5-7-10-19)18-23(26)25-16-8-11-22(25)20-12-14-21(15-13-20)27-4-2/h5-7,9-10,12-15,22H,3-4,8,11,16-18H2,1-2H3. The molecule has 1 saturated heterocycles. The van der Waals surface area contributed by atoms with Crippen LogP contribution in [0.2, 0.25) is 0 Å². The fourth-order valence-electron chi connectivity index (χ4n) is 3.77. The molecule has 0 N–H and O–H groups in total. The van der Waals surface area contributed by atoms with E-state index < -0.39 is 0 Å². The lowest BCUT2D eigenvalue weighted by molar-refractivity contribution is -0.133. The van der Waals surface area contributed by atoms with Crippen molar-refractivity contribution < 1.29 is 9.53 Å². The Morgan fingerprint density at radius 3 is 2.52 bits per heavy atom. The number of likely N-dealkylation sites (tertiary alicyclic amines) is 1. The Labute approximate surface area is 162 Å². The van der Waals surface area contributed by atoms with Crippen LogP contribution in [-0.2, 0) is 11.3 Å². The summed E-state index contributed by atoms with van der Waals surface area (Å²) in [6, 6.07) is 18.8. The molecule has 1 amide bonds. The lowest BCUT2D eigenvalue weighted by Crippen LogP contribution is -2.39. The highest BCUT2D eigenvalue weighted by Crippen LogP contribution is 2.33. The zero-order valence-electron chi connectivity index (χ0n) is 16.4. The Hall–Kier alpha value is -2.33. The highest BCUT2D eigenvalue weighted by molar-refractivity contribution is 5.79. The summed E-state index contributed by atoms with van der Waals surface area (Å²) < 4.78 is 5.53. The maximum Gasteiger partial charge on any atom is 0.237 e. The number of amides is 1. The Balaban J connectivity index is 1.63. The predicted molar refractivity (Wildman–Crippen MR) is 109 cm³/mol. The van der Waals surface area contributed by atoms with Crippen LogP contribution in [0.15, 0.2) is 54.6 Å². The molecule has 1 atom stereocenters. The van der Waals surface area contributed by atoms with E-state index in [9.17, 15) is 4.79 Å². The Kier molecular flexibility index (Phi) is 6.88. The van der Waals surface area contributed by atoms with Crippen molar-refractivity contribution in [2.45, 2.75) is 39.3 Å². The van der Waals surface area contributed by atoms with Gasteiger partial charge in [0.15, 0.2) is 0 Å². The molecule has 2 aromatic carbocycles. The van der Waals surface area contributed by atoms with Crippen LogP contribution in [0, 0.1) is 0 Å². The molecule has 1 aliphatic heterocycles. The van der Waals surface area contributed by atoms with E-state index >= 15 is 0 Å². The number of hydrogen-bond donors (Lipinski definition) is 0. The van der Waals surface area contributed by atoms with Gasteiger partial charge in [0.05, 0.1) is 19.2 Å². The van der Waals surface area contributed by atoms with Gasteiger partial charge < -0.3 is 9.64 Å². The fourth-order valence-corrected chi connectivity index (χ4v) is 3.77. The molecule has 2 aromatic rings. The summed E-state index contributed by atoms with van der Waals surface area (Å²) >= 11 is 0.